The van der Waals surface area contributed by atoms with Crippen molar-refractivity contribution in [2.45, 2.75) is 24.3 Å². The molecule has 0 spiro atoms. The molecule has 128 valence electrons. The van der Waals surface area contributed by atoms with E-state index in [-0.39, 0.29) is 5.56 Å². The molecule has 2 N–H and O–H groups in total. The maximum atomic E-state index is 13.1. The molecule has 5 nitrogen and oxygen atoms in total. The van der Waals surface area contributed by atoms with Crippen molar-refractivity contribution in [1.82, 2.24) is 9.55 Å². The summed E-state index contributed by atoms with van der Waals surface area (Å²) < 4.78 is 1.49. The van der Waals surface area contributed by atoms with Crippen LogP contribution >= 0.6 is 23.4 Å². The van der Waals surface area contributed by atoms with E-state index in [0.29, 0.717) is 26.8 Å². The number of aromatic nitrogens is 2. The molecule has 0 aliphatic rings. The Bertz CT molecular complexity index is 1030. The number of primary amides is 1. The summed E-state index contributed by atoms with van der Waals surface area (Å²) in [5, 5.41) is 0.925. The van der Waals surface area contributed by atoms with E-state index >= 15 is 0 Å². The number of nitrogens with zero attached hydrogens (tertiary/aromatic N) is 2. The van der Waals surface area contributed by atoms with E-state index in [0.717, 1.165) is 17.3 Å². The van der Waals surface area contributed by atoms with Gasteiger partial charge in [-0.05, 0) is 43.7 Å². The summed E-state index contributed by atoms with van der Waals surface area (Å²) in [4.78, 5) is 29.2. The maximum absolute atomic E-state index is 13.1. The molecular formula is C18H16ClN3O2S. The Hall–Kier alpha value is -2.31. The van der Waals surface area contributed by atoms with Crippen LogP contribution < -0.4 is 11.3 Å². The molecule has 7 heteroatoms. The Morgan fingerprint density at radius 2 is 1.96 bits per heavy atom. The first-order valence-electron chi connectivity index (χ1n) is 7.63. The fourth-order valence-corrected chi connectivity index (χ4v) is 3.50. The third kappa shape index (κ3) is 3.27. The first kappa shape index (κ1) is 17.5. The average molecular weight is 374 g/mol. The van der Waals surface area contributed by atoms with Gasteiger partial charge in [-0.25, -0.2) is 4.98 Å². The summed E-state index contributed by atoms with van der Waals surface area (Å²) >= 11 is 7.38. The Morgan fingerprint density at radius 3 is 2.68 bits per heavy atom. The van der Waals surface area contributed by atoms with Crippen LogP contribution in [0.5, 0.6) is 0 Å². The molecule has 3 rings (SSSR count). The lowest BCUT2D eigenvalue weighted by molar-refractivity contribution is -0.117. The highest BCUT2D eigenvalue weighted by Gasteiger charge is 2.19. The number of benzene rings is 2. The summed E-state index contributed by atoms with van der Waals surface area (Å²) in [6, 6.07) is 12.4. The van der Waals surface area contributed by atoms with Crippen molar-refractivity contribution in [2.75, 3.05) is 0 Å². The zero-order valence-electron chi connectivity index (χ0n) is 13.7. The van der Waals surface area contributed by atoms with Crippen molar-refractivity contribution in [2.24, 2.45) is 5.73 Å². The Morgan fingerprint density at radius 1 is 1.24 bits per heavy atom. The second-order valence-electron chi connectivity index (χ2n) is 5.60. The summed E-state index contributed by atoms with van der Waals surface area (Å²) in [6.45, 7) is 3.52. The van der Waals surface area contributed by atoms with Crippen molar-refractivity contribution >= 4 is 40.2 Å². The molecule has 0 radical (unpaired) electrons. The summed E-state index contributed by atoms with van der Waals surface area (Å²) in [5.41, 5.74) is 7.14. The van der Waals surface area contributed by atoms with Gasteiger partial charge in [-0.15, -0.1) is 0 Å². The smallest absolute Gasteiger partial charge is 0.266 e. The lowest BCUT2D eigenvalue weighted by atomic mass is 10.2. The number of halogens is 1. The van der Waals surface area contributed by atoms with Crippen molar-refractivity contribution in [3.05, 3.63) is 63.4 Å². The molecule has 0 bridgehead atoms. The molecule has 1 heterocycles. The molecule has 2 aromatic carbocycles. The Labute approximate surface area is 153 Å². The van der Waals surface area contributed by atoms with Crippen molar-refractivity contribution in [3.8, 4) is 5.69 Å². The van der Waals surface area contributed by atoms with Gasteiger partial charge in [-0.1, -0.05) is 41.6 Å². The molecule has 25 heavy (non-hydrogen) atoms. The first-order chi connectivity index (χ1) is 11.9. The van der Waals surface area contributed by atoms with Crippen LogP contribution in [0.15, 0.2) is 52.4 Å². The topological polar surface area (TPSA) is 78.0 Å². The minimum Gasteiger partial charge on any atom is -0.369 e. The SMILES string of the molecule is Cc1c(Cl)cccc1-n1c(S[C@@H](C)C(N)=O)nc2ccccc2c1=O. The predicted octanol–water partition coefficient (Wildman–Crippen LogP) is 3.31. The van der Waals surface area contributed by atoms with Crippen LogP contribution in [0.2, 0.25) is 5.02 Å². The molecule has 1 atom stereocenters. The molecule has 0 aliphatic heterocycles. The minimum atomic E-state index is -0.529. The maximum Gasteiger partial charge on any atom is 0.266 e. The third-order valence-electron chi connectivity index (χ3n) is 3.91. The predicted molar refractivity (Wildman–Crippen MR) is 102 cm³/mol. The number of carbonyl (C=O) groups excluding carboxylic acids is 1. The van der Waals surface area contributed by atoms with Crippen molar-refractivity contribution in [3.63, 3.8) is 0 Å². The van der Waals surface area contributed by atoms with Gasteiger partial charge in [0.05, 0.1) is 21.8 Å². The number of rotatable bonds is 4. The van der Waals surface area contributed by atoms with Crippen LogP contribution in [0.3, 0.4) is 0 Å². The van der Waals surface area contributed by atoms with Gasteiger partial charge in [0, 0.05) is 5.02 Å². The van der Waals surface area contributed by atoms with E-state index in [1.54, 1.807) is 43.3 Å². The average Bonchev–Trinajstić information content (AvgIpc) is 2.58. The summed E-state index contributed by atoms with van der Waals surface area (Å²) in [5.74, 6) is -0.471. The first-order valence-corrected chi connectivity index (χ1v) is 8.89. The lowest BCUT2D eigenvalue weighted by Crippen LogP contribution is -2.26. The zero-order chi connectivity index (χ0) is 18.1. The van der Waals surface area contributed by atoms with Crippen LogP contribution in [0.4, 0.5) is 0 Å². The number of fused-ring (bicyclic) bond motifs is 1. The van der Waals surface area contributed by atoms with Crippen LogP contribution in [0, 0.1) is 6.92 Å². The van der Waals surface area contributed by atoms with E-state index in [2.05, 4.69) is 4.98 Å². The number of carbonyl (C=O) groups is 1. The Balaban J connectivity index is 2.34. The van der Waals surface area contributed by atoms with Crippen molar-refractivity contribution in [1.29, 1.82) is 0 Å². The van der Waals surface area contributed by atoms with Gasteiger partial charge in [-0.3, -0.25) is 14.2 Å². The van der Waals surface area contributed by atoms with Gasteiger partial charge in [0.15, 0.2) is 5.16 Å². The quantitative estimate of drug-likeness (QED) is 0.562. The number of nitrogens with two attached hydrogens (primary N) is 1. The van der Waals surface area contributed by atoms with Crippen LogP contribution in [-0.2, 0) is 4.79 Å². The molecule has 0 unspecified atom stereocenters. The Kier molecular flexibility index (Phi) is 4.83. The fraction of sp³-hybridized carbons (Fsp3) is 0.167. The molecule has 0 fully saturated rings. The van der Waals surface area contributed by atoms with Gasteiger partial charge < -0.3 is 5.73 Å². The zero-order valence-corrected chi connectivity index (χ0v) is 15.3. The van der Waals surface area contributed by atoms with Gasteiger partial charge >= 0.3 is 0 Å². The number of hydrogen-bond acceptors (Lipinski definition) is 4. The molecule has 3 aromatic rings. The fourth-order valence-electron chi connectivity index (χ4n) is 2.46. The van der Waals surface area contributed by atoms with Gasteiger partial charge in [0.1, 0.15) is 0 Å². The van der Waals surface area contributed by atoms with Gasteiger partial charge in [0.2, 0.25) is 5.91 Å². The molecule has 1 aromatic heterocycles. The van der Waals surface area contributed by atoms with Gasteiger partial charge in [-0.2, -0.15) is 0 Å². The summed E-state index contributed by atoms with van der Waals surface area (Å²) in [7, 11) is 0. The lowest BCUT2D eigenvalue weighted by Gasteiger charge is -2.17. The van der Waals surface area contributed by atoms with E-state index in [1.807, 2.05) is 13.0 Å². The normalized spacial score (nSPS) is 12.3. The largest absolute Gasteiger partial charge is 0.369 e. The number of amides is 1. The van der Waals surface area contributed by atoms with E-state index in [9.17, 15) is 9.59 Å². The third-order valence-corrected chi connectivity index (χ3v) is 5.39. The highest BCUT2D eigenvalue weighted by atomic mass is 35.5. The molecule has 1 amide bonds. The van der Waals surface area contributed by atoms with Crippen LogP contribution in [-0.4, -0.2) is 20.7 Å². The second kappa shape index (κ2) is 6.90. The monoisotopic (exact) mass is 373 g/mol. The van der Waals surface area contributed by atoms with Crippen LogP contribution in [0.25, 0.3) is 16.6 Å². The van der Waals surface area contributed by atoms with Crippen molar-refractivity contribution < 1.29 is 4.79 Å². The second-order valence-corrected chi connectivity index (χ2v) is 7.31. The molecule has 0 saturated carbocycles. The molecular weight excluding hydrogens is 358 g/mol. The molecule has 0 saturated heterocycles. The standard InChI is InChI=1S/C18H16ClN3O2S/c1-10-13(19)7-5-9-15(10)22-17(24)12-6-3-4-8-14(12)21-18(22)25-11(2)16(20)23/h3-9,11H,1-2H3,(H2,20,23)/t11-/m0/s1. The number of thioether (sulfide) groups is 1. The minimum absolute atomic E-state index is 0.213. The number of hydrogen-bond donors (Lipinski definition) is 1. The highest BCUT2D eigenvalue weighted by Crippen LogP contribution is 2.28. The highest BCUT2D eigenvalue weighted by molar-refractivity contribution is 8.00. The molecule has 0 aliphatic carbocycles. The van der Waals surface area contributed by atoms with E-state index in [4.69, 9.17) is 17.3 Å². The summed E-state index contributed by atoms with van der Waals surface area (Å²) in [6.07, 6.45) is 0. The number of para-hydroxylation sites is 1. The van der Waals surface area contributed by atoms with Gasteiger partial charge in [0.25, 0.3) is 5.56 Å². The van der Waals surface area contributed by atoms with E-state index in [1.165, 1.54) is 4.57 Å². The van der Waals surface area contributed by atoms with Crippen LogP contribution in [0.1, 0.15) is 12.5 Å². The van der Waals surface area contributed by atoms with E-state index < -0.39 is 11.2 Å².